The molecule has 1 aliphatic heterocycles. The highest BCUT2D eigenvalue weighted by Gasteiger charge is 2.26. The largest absolute Gasteiger partial charge is 0.309 e. The number of hydrogen-bond donors (Lipinski definition) is 1. The maximum absolute atomic E-state index is 13.3. The van der Waals surface area contributed by atoms with Crippen LogP contribution in [0.1, 0.15) is 36.9 Å². The maximum atomic E-state index is 13.3. The van der Waals surface area contributed by atoms with Crippen molar-refractivity contribution in [3.8, 4) is 0 Å². The highest BCUT2D eigenvalue weighted by molar-refractivity contribution is 8.00. The zero-order valence-corrected chi connectivity index (χ0v) is 11.3. The van der Waals surface area contributed by atoms with Crippen LogP contribution in [-0.2, 0) is 0 Å². The third-order valence-electron chi connectivity index (χ3n) is 3.30. The Kier molecular flexibility index (Phi) is 4.46. The molecule has 1 fully saturated rings. The van der Waals surface area contributed by atoms with Crippen molar-refractivity contribution in [1.29, 1.82) is 0 Å². The average Bonchev–Trinajstić information content (AvgIpc) is 2.83. The molecule has 1 aromatic carbocycles. The van der Waals surface area contributed by atoms with E-state index in [1.54, 1.807) is 6.07 Å². The molecule has 17 heavy (non-hydrogen) atoms. The van der Waals surface area contributed by atoms with Crippen LogP contribution in [0.4, 0.5) is 4.39 Å². The van der Waals surface area contributed by atoms with Gasteiger partial charge in [-0.2, -0.15) is 11.8 Å². The molecule has 1 aromatic rings. The van der Waals surface area contributed by atoms with Crippen molar-refractivity contribution in [2.75, 3.05) is 12.3 Å². The van der Waals surface area contributed by atoms with Crippen molar-refractivity contribution in [2.24, 2.45) is 0 Å². The third-order valence-corrected chi connectivity index (χ3v) is 4.76. The van der Waals surface area contributed by atoms with Crippen LogP contribution in [0, 0.1) is 12.7 Å². The van der Waals surface area contributed by atoms with Crippen LogP contribution in [0.25, 0.3) is 0 Å². The Morgan fingerprint density at radius 2 is 2.35 bits per heavy atom. The van der Waals surface area contributed by atoms with Gasteiger partial charge in [0.25, 0.3) is 0 Å². The van der Waals surface area contributed by atoms with Crippen molar-refractivity contribution < 1.29 is 4.39 Å². The van der Waals surface area contributed by atoms with Crippen molar-refractivity contribution in [2.45, 2.75) is 38.0 Å². The second-order valence-corrected chi connectivity index (χ2v) is 5.94. The van der Waals surface area contributed by atoms with Gasteiger partial charge in [-0.15, -0.1) is 0 Å². The summed E-state index contributed by atoms with van der Waals surface area (Å²) in [5.74, 6) is 1.15. The van der Waals surface area contributed by atoms with Crippen molar-refractivity contribution in [1.82, 2.24) is 5.32 Å². The Bertz CT molecular complexity index is 374. The Labute approximate surface area is 107 Å². The highest BCUT2D eigenvalue weighted by atomic mass is 32.2. The minimum atomic E-state index is -0.108. The van der Waals surface area contributed by atoms with Gasteiger partial charge in [0, 0.05) is 11.3 Å². The van der Waals surface area contributed by atoms with Gasteiger partial charge in [0.05, 0.1) is 0 Å². The third kappa shape index (κ3) is 3.02. The van der Waals surface area contributed by atoms with E-state index in [-0.39, 0.29) is 5.82 Å². The van der Waals surface area contributed by atoms with Gasteiger partial charge in [0.2, 0.25) is 0 Å². The maximum Gasteiger partial charge on any atom is 0.126 e. The fraction of sp³-hybridized carbons (Fsp3) is 0.571. The Hall–Kier alpha value is -0.540. The van der Waals surface area contributed by atoms with Crippen molar-refractivity contribution >= 4 is 11.8 Å². The van der Waals surface area contributed by atoms with Crippen molar-refractivity contribution in [3.63, 3.8) is 0 Å². The summed E-state index contributed by atoms with van der Waals surface area (Å²) in [4.78, 5) is 0. The molecular formula is C14H20FNS. The lowest BCUT2D eigenvalue weighted by Crippen LogP contribution is -2.28. The van der Waals surface area contributed by atoms with E-state index in [1.807, 2.05) is 30.8 Å². The van der Waals surface area contributed by atoms with Gasteiger partial charge in [-0.05, 0) is 49.3 Å². The molecule has 2 atom stereocenters. The molecule has 1 heterocycles. The lowest BCUT2D eigenvalue weighted by molar-refractivity contribution is 0.517. The summed E-state index contributed by atoms with van der Waals surface area (Å²) in [6.07, 6.45) is 2.57. The predicted octanol–water partition coefficient (Wildman–Crippen LogP) is 3.68. The van der Waals surface area contributed by atoms with E-state index in [0.717, 1.165) is 12.1 Å². The van der Waals surface area contributed by atoms with Gasteiger partial charge in [0.15, 0.2) is 0 Å². The van der Waals surface area contributed by atoms with E-state index in [0.29, 0.717) is 11.3 Å². The zero-order valence-electron chi connectivity index (χ0n) is 10.5. The van der Waals surface area contributed by atoms with E-state index < -0.39 is 0 Å². The van der Waals surface area contributed by atoms with Crippen molar-refractivity contribution in [3.05, 3.63) is 35.1 Å². The van der Waals surface area contributed by atoms with Crippen LogP contribution < -0.4 is 5.32 Å². The summed E-state index contributed by atoms with van der Waals surface area (Å²) in [7, 11) is 0. The first-order valence-electron chi connectivity index (χ1n) is 6.33. The Balaban J connectivity index is 2.21. The SMILES string of the molecule is CCNC(c1ccc(F)c(C)c1)C1CCCS1. The van der Waals surface area contributed by atoms with Crippen LogP contribution >= 0.6 is 11.8 Å². The van der Waals surface area contributed by atoms with E-state index in [1.165, 1.54) is 24.2 Å². The number of aryl methyl sites for hydroxylation is 1. The summed E-state index contributed by atoms with van der Waals surface area (Å²) >= 11 is 2.04. The molecule has 94 valence electrons. The fourth-order valence-corrected chi connectivity index (χ4v) is 3.83. The van der Waals surface area contributed by atoms with Gasteiger partial charge < -0.3 is 5.32 Å². The Morgan fingerprint density at radius 1 is 1.53 bits per heavy atom. The minimum absolute atomic E-state index is 0.108. The van der Waals surface area contributed by atoms with Crippen LogP contribution in [0.3, 0.4) is 0 Å². The molecule has 1 nitrogen and oxygen atoms in total. The molecule has 0 radical (unpaired) electrons. The number of benzene rings is 1. The van der Waals surface area contributed by atoms with Gasteiger partial charge in [-0.1, -0.05) is 19.1 Å². The van der Waals surface area contributed by atoms with Gasteiger partial charge in [-0.25, -0.2) is 4.39 Å². The number of rotatable bonds is 4. The quantitative estimate of drug-likeness (QED) is 0.878. The second kappa shape index (κ2) is 5.87. The number of thioether (sulfide) groups is 1. The second-order valence-electron chi connectivity index (χ2n) is 4.60. The van der Waals surface area contributed by atoms with Crippen LogP contribution in [-0.4, -0.2) is 17.5 Å². The normalized spacial score (nSPS) is 21.7. The van der Waals surface area contributed by atoms with Crippen LogP contribution in [0.2, 0.25) is 0 Å². The molecular weight excluding hydrogens is 233 g/mol. The van der Waals surface area contributed by atoms with E-state index in [9.17, 15) is 4.39 Å². The first-order chi connectivity index (χ1) is 8.22. The summed E-state index contributed by atoms with van der Waals surface area (Å²) in [6.45, 7) is 4.92. The molecule has 0 aromatic heterocycles. The standard InChI is InChI=1S/C14H20FNS/c1-3-16-14(13-5-4-8-17-13)11-6-7-12(15)10(2)9-11/h6-7,9,13-14,16H,3-5,8H2,1-2H3. The molecule has 0 amide bonds. The lowest BCUT2D eigenvalue weighted by Gasteiger charge is -2.24. The molecule has 3 heteroatoms. The summed E-state index contributed by atoms with van der Waals surface area (Å²) in [6, 6.07) is 5.87. The van der Waals surface area contributed by atoms with E-state index in [2.05, 4.69) is 12.2 Å². The molecule has 0 spiro atoms. The predicted molar refractivity (Wildman–Crippen MR) is 73.0 cm³/mol. The molecule has 2 rings (SSSR count). The molecule has 1 saturated heterocycles. The first-order valence-corrected chi connectivity index (χ1v) is 7.38. The summed E-state index contributed by atoms with van der Waals surface area (Å²) in [5.41, 5.74) is 1.97. The molecule has 0 aliphatic carbocycles. The number of halogens is 1. The van der Waals surface area contributed by atoms with Crippen LogP contribution in [0.15, 0.2) is 18.2 Å². The zero-order chi connectivity index (χ0) is 12.3. The molecule has 0 saturated carbocycles. The molecule has 2 unspecified atom stereocenters. The summed E-state index contributed by atoms with van der Waals surface area (Å²) in [5, 5.41) is 4.18. The minimum Gasteiger partial charge on any atom is -0.309 e. The smallest absolute Gasteiger partial charge is 0.126 e. The topological polar surface area (TPSA) is 12.0 Å². The van der Waals surface area contributed by atoms with Gasteiger partial charge in [-0.3, -0.25) is 0 Å². The number of hydrogen-bond acceptors (Lipinski definition) is 2. The van der Waals surface area contributed by atoms with E-state index >= 15 is 0 Å². The van der Waals surface area contributed by atoms with Gasteiger partial charge >= 0.3 is 0 Å². The lowest BCUT2D eigenvalue weighted by atomic mass is 9.99. The molecule has 0 bridgehead atoms. The molecule has 1 N–H and O–H groups in total. The van der Waals surface area contributed by atoms with Crippen LogP contribution in [0.5, 0.6) is 0 Å². The molecule has 1 aliphatic rings. The fourth-order valence-electron chi connectivity index (χ4n) is 2.41. The highest BCUT2D eigenvalue weighted by Crippen LogP contribution is 2.36. The Morgan fingerprint density at radius 3 is 2.94 bits per heavy atom. The van der Waals surface area contributed by atoms with Gasteiger partial charge in [0.1, 0.15) is 5.82 Å². The summed E-state index contributed by atoms with van der Waals surface area (Å²) < 4.78 is 13.3. The monoisotopic (exact) mass is 253 g/mol. The number of nitrogens with one attached hydrogen (secondary N) is 1. The van der Waals surface area contributed by atoms with E-state index in [4.69, 9.17) is 0 Å². The average molecular weight is 253 g/mol. The first kappa shape index (κ1) is 12.9.